The van der Waals surface area contributed by atoms with Crippen LogP contribution in [0.2, 0.25) is 0 Å². The molecular formula is C13H21NO6S. The highest BCUT2D eigenvalue weighted by atomic mass is 32.2. The van der Waals surface area contributed by atoms with Crippen LogP contribution >= 0.6 is 0 Å². The van der Waals surface area contributed by atoms with E-state index in [2.05, 4.69) is 4.84 Å². The third-order valence-corrected chi connectivity index (χ3v) is 5.31. The molecule has 21 heavy (non-hydrogen) atoms. The van der Waals surface area contributed by atoms with Crippen LogP contribution in [0.5, 0.6) is 5.75 Å². The van der Waals surface area contributed by atoms with Crippen LogP contribution in [-0.2, 0) is 24.2 Å². The Bertz CT molecular complexity index is 585. The number of ether oxygens (including phenoxy) is 2. The molecule has 0 radical (unpaired) electrons. The maximum absolute atomic E-state index is 12.5. The van der Waals surface area contributed by atoms with Crippen LogP contribution in [0.4, 0.5) is 0 Å². The molecule has 1 N–H and O–H groups in total. The Balaban J connectivity index is 0.00000441. The zero-order valence-electron chi connectivity index (χ0n) is 12.4. The van der Waals surface area contributed by atoms with Crippen molar-refractivity contribution in [2.75, 3.05) is 21.0 Å². The number of carbonyl (C=O) groups excluding carboxylic acids is 1. The summed E-state index contributed by atoms with van der Waals surface area (Å²) < 4.78 is 33.3. The number of methoxy groups -OCH3 is 1. The molecule has 8 heteroatoms. The first-order valence-corrected chi connectivity index (χ1v) is 7.55. The first-order valence-electron chi connectivity index (χ1n) is 6.07. The molecule has 0 aromatic heterocycles. The Hall–Kier alpha value is -1.64. The highest BCUT2D eigenvalue weighted by Gasteiger charge is 2.43. The van der Waals surface area contributed by atoms with Gasteiger partial charge in [0.1, 0.15) is 5.75 Å². The third-order valence-electron chi connectivity index (χ3n) is 2.89. The van der Waals surface area contributed by atoms with Crippen LogP contribution in [0.3, 0.4) is 0 Å². The average Bonchev–Trinajstić information content (AvgIpc) is 2.45. The van der Waals surface area contributed by atoms with Crippen molar-refractivity contribution >= 4 is 15.7 Å². The highest BCUT2D eigenvalue weighted by Crippen LogP contribution is 2.27. The molecule has 1 rings (SSSR count). The van der Waals surface area contributed by atoms with E-state index in [0.29, 0.717) is 5.75 Å². The minimum atomic E-state index is -3.88. The van der Waals surface area contributed by atoms with Gasteiger partial charge in [-0.05, 0) is 38.1 Å². The van der Waals surface area contributed by atoms with Gasteiger partial charge in [-0.25, -0.2) is 13.9 Å². The minimum Gasteiger partial charge on any atom is -0.468 e. The van der Waals surface area contributed by atoms with Gasteiger partial charge in [0.2, 0.25) is 0 Å². The summed E-state index contributed by atoms with van der Waals surface area (Å²) in [7, 11) is -1.16. The van der Waals surface area contributed by atoms with Gasteiger partial charge in [0.25, 0.3) is 5.91 Å². The first-order chi connectivity index (χ1) is 9.77. The summed E-state index contributed by atoms with van der Waals surface area (Å²) in [5.41, 5.74) is 2.04. The van der Waals surface area contributed by atoms with Gasteiger partial charge in [0.05, 0.1) is 12.0 Å². The normalized spacial score (nSPS) is 12.0. The van der Waals surface area contributed by atoms with E-state index < -0.39 is 20.5 Å². The van der Waals surface area contributed by atoms with Crippen LogP contribution < -0.4 is 10.2 Å². The smallest absolute Gasteiger partial charge is 0.264 e. The molecule has 1 aromatic carbocycles. The summed E-state index contributed by atoms with van der Waals surface area (Å²) in [6.07, 6.45) is 0. The quantitative estimate of drug-likeness (QED) is 0.599. The standard InChI is InChI=1S/C13H19NO6S.H2/c1-13(2,12(15)14-19-4)21(16,17)11-7-5-10(6-8-11)20-9-18-3;/h5-8H,9H2,1-4H3,(H,14,15);1H. The predicted molar refractivity (Wildman–Crippen MR) is 77.5 cm³/mol. The lowest BCUT2D eigenvalue weighted by atomic mass is 10.2. The fourth-order valence-electron chi connectivity index (χ4n) is 1.47. The molecule has 0 saturated heterocycles. The Morgan fingerprint density at radius 1 is 1.24 bits per heavy atom. The van der Waals surface area contributed by atoms with Crippen LogP contribution in [0.25, 0.3) is 0 Å². The topological polar surface area (TPSA) is 90.9 Å². The maximum Gasteiger partial charge on any atom is 0.264 e. The molecule has 1 aromatic rings. The van der Waals surface area contributed by atoms with Crippen LogP contribution in [-0.4, -0.2) is 40.1 Å². The summed E-state index contributed by atoms with van der Waals surface area (Å²) in [6.45, 7) is 2.69. The Morgan fingerprint density at radius 3 is 2.29 bits per heavy atom. The monoisotopic (exact) mass is 319 g/mol. The lowest BCUT2D eigenvalue weighted by Gasteiger charge is -2.23. The average molecular weight is 319 g/mol. The summed E-state index contributed by atoms with van der Waals surface area (Å²) in [5, 5.41) is 0. The molecule has 0 aliphatic heterocycles. The number of hydroxylamine groups is 1. The zero-order chi connectivity index (χ0) is 16.1. The number of sulfone groups is 1. The van der Waals surface area contributed by atoms with Gasteiger partial charge < -0.3 is 9.47 Å². The predicted octanol–water partition coefficient (Wildman–Crippen LogP) is 1.15. The Labute approximate surface area is 125 Å². The SMILES string of the molecule is COCOc1ccc(S(=O)(=O)C(C)(C)C(=O)NOC)cc1.[HH]. The summed E-state index contributed by atoms with van der Waals surface area (Å²) >= 11 is 0. The minimum absolute atomic E-state index is 0. The summed E-state index contributed by atoms with van der Waals surface area (Å²) in [4.78, 5) is 16.3. The number of hydrogen-bond donors (Lipinski definition) is 1. The van der Waals surface area contributed by atoms with E-state index in [9.17, 15) is 13.2 Å². The summed E-state index contributed by atoms with van der Waals surface area (Å²) in [5.74, 6) is -0.278. The lowest BCUT2D eigenvalue weighted by Crippen LogP contribution is -2.47. The van der Waals surface area contributed by atoms with Gasteiger partial charge in [0.15, 0.2) is 21.4 Å². The number of hydrogen-bond acceptors (Lipinski definition) is 6. The molecule has 1 amide bonds. The zero-order valence-corrected chi connectivity index (χ0v) is 13.2. The van der Waals surface area contributed by atoms with Gasteiger partial charge >= 0.3 is 0 Å². The molecule has 0 unspecified atom stereocenters. The number of amides is 1. The molecule has 0 aliphatic carbocycles. The fraction of sp³-hybridized carbons (Fsp3) is 0.462. The third kappa shape index (κ3) is 3.72. The van der Waals surface area contributed by atoms with Crippen molar-refractivity contribution in [2.45, 2.75) is 23.5 Å². The lowest BCUT2D eigenvalue weighted by molar-refractivity contribution is -0.133. The van der Waals surface area contributed by atoms with Gasteiger partial charge in [-0.2, -0.15) is 0 Å². The van der Waals surface area contributed by atoms with Crippen LogP contribution in [0, 0.1) is 0 Å². The van der Waals surface area contributed by atoms with Gasteiger partial charge in [-0.3, -0.25) is 9.63 Å². The molecule has 0 atom stereocenters. The summed E-state index contributed by atoms with van der Waals surface area (Å²) in [6, 6.07) is 5.75. The molecule has 0 fully saturated rings. The Morgan fingerprint density at radius 2 is 1.81 bits per heavy atom. The number of nitrogens with one attached hydrogen (secondary N) is 1. The molecule has 7 nitrogen and oxygen atoms in total. The van der Waals surface area contributed by atoms with E-state index >= 15 is 0 Å². The van der Waals surface area contributed by atoms with E-state index in [4.69, 9.17) is 9.47 Å². The van der Waals surface area contributed by atoms with Gasteiger partial charge in [-0.1, -0.05) is 0 Å². The second-order valence-corrected chi connectivity index (χ2v) is 7.17. The van der Waals surface area contributed by atoms with Crippen molar-refractivity contribution in [2.24, 2.45) is 0 Å². The number of rotatable bonds is 7. The molecule has 0 aliphatic rings. The molecule has 0 saturated carbocycles. The van der Waals surface area contributed by atoms with Crippen molar-refractivity contribution in [1.82, 2.24) is 5.48 Å². The van der Waals surface area contributed by atoms with Crippen molar-refractivity contribution in [3.8, 4) is 5.75 Å². The molecule has 0 heterocycles. The fourth-order valence-corrected chi connectivity index (χ4v) is 2.84. The van der Waals surface area contributed by atoms with Crippen molar-refractivity contribution in [1.29, 1.82) is 0 Å². The largest absolute Gasteiger partial charge is 0.468 e. The van der Waals surface area contributed by atoms with Crippen LogP contribution in [0.15, 0.2) is 29.2 Å². The number of benzene rings is 1. The van der Waals surface area contributed by atoms with E-state index in [-0.39, 0.29) is 13.1 Å². The van der Waals surface area contributed by atoms with Gasteiger partial charge in [0, 0.05) is 8.54 Å². The van der Waals surface area contributed by atoms with Crippen LogP contribution in [0.1, 0.15) is 15.3 Å². The molecule has 0 spiro atoms. The first kappa shape index (κ1) is 17.4. The van der Waals surface area contributed by atoms with E-state index in [0.717, 1.165) is 0 Å². The molecule has 0 bridgehead atoms. The van der Waals surface area contributed by atoms with Crippen molar-refractivity contribution in [3.63, 3.8) is 0 Å². The highest BCUT2D eigenvalue weighted by molar-refractivity contribution is 7.93. The maximum atomic E-state index is 12.5. The van der Waals surface area contributed by atoms with E-state index in [1.165, 1.54) is 52.3 Å². The van der Waals surface area contributed by atoms with E-state index in [1.807, 2.05) is 5.48 Å². The van der Waals surface area contributed by atoms with Gasteiger partial charge in [-0.15, -0.1) is 0 Å². The number of carbonyl (C=O) groups is 1. The second kappa shape index (κ2) is 6.88. The van der Waals surface area contributed by atoms with Crippen molar-refractivity contribution in [3.05, 3.63) is 24.3 Å². The molecule has 120 valence electrons. The second-order valence-electron chi connectivity index (χ2n) is 4.67. The van der Waals surface area contributed by atoms with E-state index in [1.54, 1.807) is 0 Å². The molecular weight excluding hydrogens is 298 g/mol. The Kier molecular flexibility index (Phi) is 5.70. The van der Waals surface area contributed by atoms with Crippen molar-refractivity contribution < 1.29 is 29.0 Å².